The SMILES string of the molecule is C[C@H](CN1CCc2ccccc2C1)NCc1nnc(-c2ccccc2)o1. The summed E-state index contributed by atoms with van der Waals surface area (Å²) >= 11 is 0. The quantitative estimate of drug-likeness (QED) is 0.741. The molecule has 1 atom stereocenters. The molecule has 1 aliphatic heterocycles. The molecule has 1 aromatic heterocycles. The summed E-state index contributed by atoms with van der Waals surface area (Å²) in [7, 11) is 0. The summed E-state index contributed by atoms with van der Waals surface area (Å²) in [6.45, 7) is 5.94. The molecule has 0 bridgehead atoms. The van der Waals surface area contributed by atoms with Crippen molar-refractivity contribution in [2.45, 2.75) is 32.5 Å². The Labute approximate surface area is 154 Å². The first-order valence-corrected chi connectivity index (χ1v) is 9.18. The maximum Gasteiger partial charge on any atom is 0.247 e. The summed E-state index contributed by atoms with van der Waals surface area (Å²) < 4.78 is 5.76. The van der Waals surface area contributed by atoms with E-state index in [4.69, 9.17) is 4.42 Å². The summed E-state index contributed by atoms with van der Waals surface area (Å²) in [6.07, 6.45) is 1.13. The van der Waals surface area contributed by atoms with E-state index in [-0.39, 0.29) is 0 Å². The predicted octanol–water partition coefficient (Wildman–Crippen LogP) is 3.27. The Bertz CT molecular complexity index is 846. The number of nitrogens with one attached hydrogen (secondary N) is 1. The van der Waals surface area contributed by atoms with Crippen LogP contribution >= 0.6 is 0 Å². The summed E-state index contributed by atoms with van der Waals surface area (Å²) in [5, 5.41) is 11.8. The Morgan fingerprint density at radius 3 is 2.65 bits per heavy atom. The number of hydrogen-bond donors (Lipinski definition) is 1. The van der Waals surface area contributed by atoms with Crippen LogP contribution in [0.15, 0.2) is 59.0 Å². The van der Waals surface area contributed by atoms with Crippen molar-refractivity contribution in [3.05, 3.63) is 71.6 Å². The highest BCUT2D eigenvalue weighted by Crippen LogP contribution is 2.19. The molecule has 3 aromatic rings. The van der Waals surface area contributed by atoms with Gasteiger partial charge in [0.05, 0.1) is 6.54 Å². The van der Waals surface area contributed by atoms with E-state index in [2.05, 4.69) is 51.6 Å². The molecule has 0 aliphatic carbocycles. The lowest BCUT2D eigenvalue weighted by molar-refractivity contribution is 0.227. The summed E-state index contributed by atoms with van der Waals surface area (Å²) in [6, 6.07) is 19.0. The van der Waals surface area contributed by atoms with Crippen LogP contribution in [0.25, 0.3) is 11.5 Å². The van der Waals surface area contributed by atoms with Gasteiger partial charge in [0, 0.05) is 31.2 Å². The fourth-order valence-electron chi connectivity index (χ4n) is 3.45. The lowest BCUT2D eigenvalue weighted by Crippen LogP contribution is -2.41. The van der Waals surface area contributed by atoms with Crippen molar-refractivity contribution in [2.24, 2.45) is 0 Å². The number of fused-ring (bicyclic) bond motifs is 1. The van der Waals surface area contributed by atoms with Gasteiger partial charge in [0.1, 0.15) is 0 Å². The molecule has 0 saturated heterocycles. The zero-order valence-corrected chi connectivity index (χ0v) is 15.1. The zero-order chi connectivity index (χ0) is 17.8. The first-order valence-electron chi connectivity index (χ1n) is 9.18. The standard InChI is InChI=1S/C21H24N4O/c1-16(14-25-12-11-17-7-5-6-10-19(17)15-25)22-13-20-23-24-21(26-20)18-8-3-2-4-9-18/h2-10,16,22H,11-15H2,1H3/t16-/m1/s1. The minimum atomic E-state index is 0.354. The molecular weight excluding hydrogens is 324 g/mol. The molecule has 0 radical (unpaired) electrons. The molecular formula is C21H24N4O. The van der Waals surface area contributed by atoms with Crippen LogP contribution in [0.1, 0.15) is 23.9 Å². The Balaban J connectivity index is 1.28. The third-order valence-electron chi connectivity index (χ3n) is 4.83. The van der Waals surface area contributed by atoms with E-state index in [1.807, 2.05) is 30.3 Å². The number of nitrogens with zero attached hydrogens (tertiary/aromatic N) is 3. The number of rotatable bonds is 6. The second-order valence-electron chi connectivity index (χ2n) is 6.90. The van der Waals surface area contributed by atoms with Gasteiger partial charge in [-0.3, -0.25) is 4.90 Å². The second kappa shape index (κ2) is 7.81. The largest absolute Gasteiger partial charge is 0.419 e. The Hall–Kier alpha value is -2.50. The topological polar surface area (TPSA) is 54.2 Å². The van der Waals surface area contributed by atoms with Gasteiger partial charge in [-0.2, -0.15) is 0 Å². The van der Waals surface area contributed by atoms with E-state index < -0.39 is 0 Å². The van der Waals surface area contributed by atoms with Crippen molar-refractivity contribution in [1.82, 2.24) is 20.4 Å². The molecule has 1 N–H and O–H groups in total. The van der Waals surface area contributed by atoms with Gasteiger partial charge in [0.15, 0.2) is 0 Å². The van der Waals surface area contributed by atoms with Crippen LogP contribution in [0, 0.1) is 0 Å². The van der Waals surface area contributed by atoms with E-state index in [1.165, 1.54) is 11.1 Å². The summed E-state index contributed by atoms with van der Waals surface area (Å²) in [5.74, 6) is 1.20. The van der Waals surface area contributed by atoms with Crippen molar-refractivity contribution >= 4 is 0 Å². The number of benzene rings is 2. The molecule has 4 rings (SSSR count). The van der Waals surface area contributed by atoms with Crippen molar-refractivity contribution < 1.29 is 4.42 Å². The van der Waals surface area contributed by atoms with Gasteiger partial charge in [-0.1, -0.05) is 42.5 Å². The van der Waals surface area contributed by atoms with E-state index in [0.29, 0.717) is 24.4 Å². The predicted molar refractivity (Wildman–Crippen MR) is 101 cm³/mol. The normalized spacial score (nSPS) is 15.6. The van der Waals surface area contributed by atoms with E-state index in [9.17, 15) is 0 Å². The average Bonchev–Trinajstić information content (AvgIpc) is 3.16. The molecule has 134 valence electrons. The second-order valence-corrected chi connectivity index (χ2v) is 6.90. The van der Waals surface area contributed by atoms with Crippen molar-refractivity contribution in [3.8, 4) is 11.5 Å². The fraction of sp³-hybridized carbons (Fsp3) is 0.333. The molecule has 5 nitrogen and oxygen atoms in total. The number of aromatic nitrogens is 2. The average molecular weight is 348 g/mol. The Morgan fingerprint density at radius 2 is 1.81 bits per heavy atom. The van der Waals surface area contributed by atoms with Crippen molar-refractivity contribution in [2.75, 3.05) is 13.1 Å². The van der Waals surface area contributed by atoms with Gasteiger partial charge in [0.25, 0.3) is 0 Å². The first kappa shape index (κ1) is 16.9. The molecule has 2 heterocycles. The molecule has 0 fully saturated rings. The van der Waals surface area contributed by atoms with Crippen LogP contribution in [0.3, 0.4) is 0 Å². The van der Waals surface area contributed by atoms with Crippen LogP contribution in [0.4, 0.5) is 0 Å². The zero-order valence-electron chi connectivity index (χ0n) is 15.1. The fourth-order valence-corrected chi connectivity index (χ4v) is 3.45. The maximum absolute atomic E-state index is 5.76. The van der Waals surface area contributed by atoms with Crippen molar-refractivity contribution in [1.29, 1.82) is 0 Å². The van der Waals surface area contributed by atoms with Gasteiger partial charge in [0.2, 0.25) is 11.8 Å². The third-order valence-corrected chi connectivity index (χ3v) is 4.83. The molecule has 0 saturated carbocycles. The summed E-state index contributed by atoms with van der Waals surface area (Å²) in [5.41, 5.74) is 3.89. The lowest BCUT2D eigenvalue weighted by Gasteiger charge is -2.31. The molecule has 0 unspecified atom stereocenters. The first-order chi connectivity index (χ1) is 12.8. The molecule has 1 aliphatic rings. The van der Waals surface area contributed by atoms with Gasteiger partial charge in [-0.15, -0.1) is 10.2 Å². The highest BCUT2D eigenvalue weighted by atomic mass is 16.4. The van der Waals surface area contributed by atoms with E-state index >= 15 is 0 Å². The molecule has 26 heavy (non-hydrogen) atoms. The van der Waals surface area contributed by atoms with Gasteiger partial charge in [-0.05, 0) is 36.6 Å². The van der Waals surface area contributed by atoms with E-state index in [0.717, 1.165) is 31.6 Å². The summed E-state index contributed by atoms with van der Waals surface area (Å²) in [4.78, 5) is 2.50. The maximum atomic E-state index is 5.76. The van der Waals surface area contributed by atoms with Crippen LogP contribution in [0.5, 0.6) is 0 Å². The van der Waals surface area contributed by atoms with Gasteiger partial charge in [-0.25, -0.2) is 0 Å². The van der Waals surface area contributed by atoms with Gasteiger partial charge >= 0.3 is 0 Å². The Morgan fingerprint density at radius 1 is 1.04 bits per heavy atom. The van der Waals surface area contributed by atoms with Crippen LogP contribution in [-0.4, -0.2) is 34.2 Å². The minimum absolute atomic E-state index is 0.354. The molecule has 0 spiro atoms. The molecule has 5 heteroatoms. The van der Waals surface area contributed by atoms with Crippen LogP contribution < -0.4 is 5.32 Å². The third kappa shape index (κ3) is 4.00. The van der Waals surface area contributed by atoms with Crippen LogP contribution in [-0.2, 0) is 19.5 Å². The monoisotopic (exact) mass is 348 g/mol. The van der Waals surface area contributed by atoms with E-state index in [1.54, 1.807) is 0 Å². The Kier molecular flexibility index (Phi) is 5.09. The smallest absolute Gasteiger partial charge is 0.247 e. The highest BCUT2D eigenvalue weighted by molar-refractivity contribution is 5.51. The van der Waals surface area contributed by atoms with Crippen LogP contribution in [0.2, 0.25) is 0 Å². The number of hydrogen-bond acceptors (Lipinski definition) is 5. The van der Waals surface area contributed by atoms with Crippen molar-refractivity contribution in [3.63, 3.8) is 0 Å². The molecule has 2 aromatic carbocycles. The minimum Gasteiger partial charge on any atom is -0.419 e. The highest BCUT2D eigenvalue weighted by Gasteiger charge is 2.18. The lowest BCUT2D eigenvalue weighted by atomic mass is 10.00. The van der Waals surface area contributed by atoms with Gasteiger partial charge < -0.3 is 9.73 Å². The molecule has 0 amide bonds.